The molecule has 4 rings (SSSR count). The number of hydrogen-bond donors (Lipinski definition) is 2. The molecule has 1 aromatic heterocycles. The Balaban J connectivity index is 1.43. The van der Waals surface area contributed by atoms with Gasteiger partial charge in [-0.15, -0.1) is 0 Å². The van der Waals surface area contributed by atoms with Crippen molar-refractivity contribution < 1.29 is 14.3 Å². The van der Waals surface area contributed by atoms with Crippen LogP contribution in [0.3, 0.4) is 0 Å². The molecule has 2 saturated carbocycles. The average molecular weight is 354 g/mol. The van der Waals surface area contributed by atoms with E-state index in [0.717, 1.165) is 22.4 Å². The maximum Gasteiger partial charge on any atom is 0.328 e. The molecule has 0 spiro atoms. The number of aromatic amines is 1. The summed E-state index contributed by atoms with van der Waals surface area (Å²) >= 11 is 0. The Kier molecular flexibility index (Phi) is 4.70. The number of carbonyl (C=O) groups is 2. The average Bonchev–Trinajstić information content (AvgIpc) is 3.36. The fourth-order valence-electron chi connectivity index (χ4n) is 4.97. The van der Waals surface area contributed by atoms with Crippen molar-refractivity contribution in [3.05, 3.63) is 36.0 Å². The standard InChI is InChI=1S/C21H26N2O3/c1-26-21(25)19(10-16-12-22-18-5-3-2-4-17(16)18)23-20(24)11-15-9-13-6-7-14(15)8-13/h2-5,12-15,19,22H,6-11H2,1H3,(H,23,24)/t13?,14?,15?,19-/m1/s1. The Morgan fingerprint density at radius 3 is 2.85 bits per heavy atom. The molecule has 0 saturated heterocycles. The highest BCUT2D eigenvalue weighted by Gasteiger charge is 2.40. The lowest BCUT2D eigenvalue weighted by Gasteiger charge is -2.22. The molecule has 5 nitrogen and oxygen atoms in total. The minimum Gasteiger partial charge on any atom is -0.467 e. The molecular formula is C21H26N2O3. The van der Waals surface area contributed by atoms with Crippen molar-refractivity contribution in [1.82, 2.24) is 10.3 Å². The largest absolute Gasteiger partial charge is 0.467 e. The molecule has 2 aliphatic rings. The second-order valence-corrected chi connectivity index (χ2v) is 7.85. The smallest absolute Gasteiger partial charge is 0.328 e. The third-order valence-corrected chi connectivity index (χ3v) is 6.25. The first-order valence-corrected chi connectivity index (χ1v) is 9.56. The molecule has 1 heterocycles. The van der Waals surface area contributed by atoms with Crippen LogP contribution in [-0.2, 0) is 20.7 Å². The van der Waals surface area contributed by atoms with E-state index in [4.69, 9.17) is 4.74 Å². The van der Waals surface area contributed by atoms with Crippen molar-refractivity contribution in [1.29, 1.82) is 0 Å². The number of ether oxygens (including phenoxy) is 1. The van der Waals surface area contributed by atoms with Gasteiger partial charge in [0.2, 0.25) is 5.91 Å². The molecule has 2 fully saturated rings. The Bertz CT molecular complexity index is 812. The fraction of sp³-hybridized carbons (Fsp3) is 0.524. The Morgan fingerprint density at radius 1 is 1.27 bits per heavy atom. The van der Waals surface area contributed by atoms with Gasteiger partial charge in [-0.25, -0.2) is 4.79 Å². The van der Waals surface area contributed by atoms with Gasteiger partial charge in [-0.3, -0.25) is 4.79 Å². The highest BCUT2D eigenvalue weighted by Crippen LogP contribution is 2.49. The van der Waals surface area contributed by atoms with Crippen molar-refractivity contribution in [3.63, 3.8) is 0 Å². The van der Waals surface area contributed by atoms with E-state index in [0.29, 0.717) is 24.7 Å². The summed E-state index contributed by atoms with van der Waals surface area (Å²) in [5.74, 6) is 1.59. The zero-order valence-electron chi connectivity index (χ0n) is 15.2. The number of carbonyl (C=O) groups excluding carboxylic acids is 2. The highest BCUT2D eigenvalue weighted by atomic mass is 16.5. The Morgan fingerprint density at radius 2 is 2.12 bits per heavy atom. The normalized spacial score (nSPS) is 25.3. The van der Waals surface area contributed by atoms with Gasteiger partial charge >= 0.3 is 5.97 Å². The van der Waals surface area contributed by atoms with Crippen LogP contribution in [0.15, 0.2) is 30.5 Å². The van der Waals surface area contributed by atoms with Crippen molar-refractivity contribution >= 4 is 22.8 Å². The number of esters is 1. The van der Waals surface area contributed by atoms with Gasteiger partial charge in [0.25, 0.3) is 0 Å². The maximum atomic E-state index is 12.6. The van der Waals surface area contributed by atoms with E-state index in [1.165, 1.54) is 32.8 Å². The number of H-pyrrole nitrogens is 1. The number of hydrogen-bond acceptors (Lipinski definition) is 3. The summed E-state index contributed by atoms with van der Waals surface area (Å²) in [6, 6.07) is 7.31. The molecule has 5 heteroatoms. The summed E-state index contributed by atoms with van der Waals surface area (Å²) in [7, 11) is 1.37. The Hall–Kier alpha value is -2.30. The van der Waals surface area contributed by atoms with Crippen LogP contribution in [0, 0.1) is 17.8 Å². The number of amides is 1. The van der Waals surface area contributed by atoms with Gasteiger partial charge in [-0.1, -0.05) is 24.6 Å². The SMILES string of the molecule is COC(=O)[C@@H](Cc1c[nH]c2ccccc12)NC(=O)CC1CC2CCC1C2. The second kappa shape index (κ2) is 7.14. The van der Waals surface area contributed by atoms with Crippen LogP contribution >= 0.6 is 0 Å². The third-order valence-electron chi connectivity index (χ3n) is 6.25. The molecule has 0 radical (unpaired) electrons. The topological polar surface area (TPSA) is 71.2 Å². The van der Waals surface area contributed by atoms with Crippen LogP contribution in [0.5, 0.6) is 0 Å². The van der Waals surface area contributed by atoms with Crippen LogP contribution in [-0.4, -0.2) is 30.0 Å². The number of benzene rings is 1. The number of nitrogens with one attached hydrogen (secondary N) is 2. The molecule has 26 heavy (non-hydrogen) atoms. The van der Waals surface area contributed by atoms with E-state index in [1.807, 2.05) is 30.5 Å². The van der Waals surface area contributed by atoms with Gasteiger partial charge in [-0.05, 0) is 48.6 Å². The van der Waals surface area contributed by atoms with Crippen LogP contribution in [0.25, 0.3) is 10.9 Å². The van der Waals surface area contributed by atoms with Gasteiger partial charge in [0.05, 0.1) is 7.11 Å². The summed E-state index contributed by atoms with van der Waals surface area (Å²) < 4.78 is 4.93. The summed E-state index contributed by atoms with van der Waals surface area (Å²) in [6.07, 6.45) is 7.91. The second-order valence-electron chi connectivity index (χ2n) is 7.85. The molecule has 2 aliphatic carbocycles. The monoisotopic (exact) mass is 354 g/mol. The number of para-hydroxylation sites is 1. The maximum absolute atomic E-state index is 12.6. The highest BCUT2D eigenvalue weighted by molar-refractivity contribution is 5.87. The lowest BCUT2D eigenvalue weighted by Crippen LogP contribution is -2.43. The Labute approximate surface area is 153 Å². The number of aromatic nitrogens is 1. The predicted molar refractivity (Wildman–Crippen MR) is 99.5 cm³/mol. The number of fused-ring (bicyclic) bond motifs is 3. The zero-order valence-corrected chi connectivity index (χ0v) is 15.2. The minimum atomic E-state index is -0.648. The van der Waals surface area contributed by atoms with E-state index in [1.54, 1.807) is 0 Å². The summed E-state index contributed by atoms with van der Waals surface area (Å²) in [6.45, 7) is 0. The molecule has 138 valence electrons. The fourth-order valence-corrected chi connectivity index (χ4v) is 4.97. The van der Waals surface area contributed by atoms with Gasteiger partial charge in [0.15, 0.2) is 0 Å². The minimum absolute atomic E-state index is 0.0298. The van der Waals surface area contributed by atoms with Gasteiger partial charge < -0.3 is 15.0 Å². The van der Waals surface area contributed by atoms with Crippen LogP contribution in [0.1, 0.15) is 37.7 Å². The lowest BCUT2D eigenvalue weighted by molar-refractivity contribution is -0.145. The molecule has 2 N–H and O–H groups in total. The van der Waals surface area contributed by atoms with Crippen LogP contribution < -0.4 is 5.32 Å². The summed E-state index contributed by atoms with van der Waals surface area (Å²) in [5.41, 5.74) is 2.04. The third kappa shape index (κ3) is 3.35. The molecular weight excluding hydrogens is 328 g/mol. The first-order chi connectivity index (χ1) is 12.6. The zero-order chi connectivity index (χ0) is 18.1. The molecule has 2 aromatic rings. The van der Waals surface area contributed by atoms with E-state index < -0.39 is 12.0 Å². The molecule has 1 aromatic carbocycles. The van der Waals surface area contributed by atoms with Gasteiger partial charge in [0, 0.05) is 29.9 Å². The first-order valence-electron chi connectivity index (χ1n) is 9.56. The van der Waals surface area contributed by atoms with Crippen molar-refractivity contribution in [3.8, 4) is 0 Å². The van der Waals surface area contributed by atoms with Crippen molar-refractivity contribution in [2.24, 2.45) is 17.8 Å². The molecule has 1 amide bonds. The van der Waals surface area contributed by atoms with Gasteiger partial charge in [0.1, 0.15) is 6.04 Å². The summed E-state index contributed by atoms with van der Waals surface area (Å²) in [5, 5.41) is 4.00. The quantitative estimate of drug-likeness (QED) is 0.783. The number of rotatable bonds is 6. The first kappa shape index (κ1) is 17.1. The predicted octanol–water partition coefficient (Wildman–Crippen LogP) is 3.19. The van der Waals surface area contributed by atoms with Crippen molar-refractivity contribution in [2.75, 3.05) is 7.11 Å². The van der Waals surface area contributed by atoms with Crippen LogP contribution in [0.2, 0.25) is 0 Å². The van der Waals surface area contributed by atoms with Crippen LogP contribution in [0.4, 0.5) is 0 Å². The molecule has 2 bridgehead atoms. The van der Waals surface area contributed by atoms with Gasteiger partial charge in [-0.2, -0.15) is 0 Å². The van der Waals surface area contributed by atoms with E-state index >= 15 is 0 Å². The van der Waals surface area contributed by atoms with E-state index in [9.17, 15) is 9.59 Å². The molecule has 0 aliphatic heterocycles. The van der Waals surface area contributed by atoms with E-state index in [2.05, 4.69) is 10.3 Å². The number of methoxy groups -OCH3 is 1. The van der Waals surface area contributed by atoms with E-state index in [-0.39, 0.29) is 5.91 Å². The summed E-state index contributed by atoms with van der Waals surface area (Å²) in [4.78, 5) is 28.0. The van der Waals surface area contributed by atoms with Crippen molar-refractivity contribution in [2.45, 2.75) is 44.6 Å². The lowest BCUT2D eigenvalue weighted by atomic mass is 9.86. The molecule has 4 atom stereocenters. The molecule has 3 unspecified atom stereocenters.